The molecule has 0 aliphatic heterocycles. The van der Waals surface area contributed by atoms with Gasteiger partial charge in [0.15, 0.2) is 0 Å². The molecule has 0 aliphatic rings. The van der Waals surface area contributed by atoms with Crippen LogP contribution in [0.1, 0.15) is 45.4 Å². The van der Waals surface area contributed by atoms with E-state index in [4.69, 9.17) is 11.5 Å². The summed E-state index contributed by atoms with van der Waals surface area (Å²) in [4.78, 5) is 0. The molecule has 0 fully saturated rings. The molecule has 0 heterocycles. The molecule has 0 atom stereocenters. The maximum atomic E-state index is 5.38. The van der Waals surface area contributed by atoms with Crippen molar-refractivity contribution >= 4 is 36.8 Å². The zero-order valence-electron chi connectivity index (χ0n) is 7.83. The van der Waals surface area contributed by atoms with Crippen LogP contribution in [0, 0.1) is 0 Å². The van der Waals surface area contributed by atoms with E-state index >= 15 is 0 Å². The summed E-state index contributed by atoms with van der Waals surface area (Å²) in [6.07, 6.45) is 7.35. The maximum absolute atomic E-state index is 5.38. The van der Waals surface area contributed by atoms with E-state index < -0.39 is 0 Å². The molecule has 4 heteroatoms. The topological polar surface area (TPSA) is 52.0 Å². The Bertz CT molecular complexity index is 72.1. The fourth-order valence-electron chi connectivity index (χ4n) is 0.984. The first kappa shape index (κ1) is 18.7. The van der Waals surface area contributed by atoms with Gasteiger partial charge in [-0.2, -0.15) is 0 Å². The number of hydrogen-bond donors (Lipinski definition) is 2. The summed E-state index contributed by atoms with van der Waals surface area (Å²) >= 11 is 0. The summed E-state index contributed by atoms with van der Waals surface area (Å²) in [6.45, 7) is 2.22. The van der Waals surface area contributed by atoms with E-state index in [0.29, 0.717) is 0 Å². The van der Waals surface area contributed by atoms with E-state index in [9.17, 15) is 0 Å². The number of halogens is 1. The van der Waals surface area contributed by atoms with Gasteiger partial charge in [0, 0.05) is 24.4 Å². The van der Waals surface area contributed by atoms with Gasteiger partial charge in [0.25, 0.3) is 0 Å². The van der Waals surface area contributed by atoms with Crippen LogP contribution < -0.4 is 11.5 Å². The molecule has 75 valence electrons. The van der Waals surface area contributed by atoms with Crippen LogP contribution >= 0.6 is 12.4 Å². The van der Waals surface area contributed by atoms with Crippen LogP contribution in [-0.4, -0.2) is 30.6 Å². The minimum absolute atomic E-state index is 0. The molecular formula is C8H21ClN2Sb. The fourth-order valence-corrected chi connectivity index (χ4v) is 0.984. The zero-order valence-corrected chi connectivity index (χ0v) is 11.2. The molecule has 0 unspecified atom stereocenters. The Morgan fingerprint density at radius 2 is 1.50 bits per heavy atom. The molecule has 0 aliphatic carbocycles. The van der Waals surface area contributed by atoms with Crippen molar-refractivity contribution in [2.45, 2.75) is 51.6 Å². The number of hydrogen-bond acceptors (Lipinski definition) is 2. The van der Waals surface area contributed by atoms with Crippen LogP contribution in [0.25, 0.3) is 0 Å². The predicted molar refractivity (Wildman–Crippen MR) is 58.5 cm³/mol. The van der Waals surface area contributed by atoms with E-state index in [-0.39, 0.29) is 43.0 Å². The third kappa shape index (κ3) is 17.2. The first-order valence-corrected chi connectivity index (χ1v) is 4.28. The second kappa shape index (κ2) is 14.5. The molecule has 0 saturated carbocycles. The number of unbranched alkanes of at least 4 members (excludes halogenated alkanes) is 4. The van der Waals surface area contributed by atoms with Crippen molar-refractivity contribution in [3.05, 3.63) is 0 Å². The quantitative estimate of drug-likeness (QED) is 0.445. The summed E-state index contributed by atoms with van der Waals surface area (Å²) in [6, 6.07) is 0. The van der Waals surface area contributed by atoms with Gasteiger partial charge in [-0.3, -0.25) is 0 Å². The second-order valence-corrected chi connectivity index (χ2v) is 2.87. The van der Waals surface area contributed by atoms with Gasteiger partial charge in [0.2, 0.25) is 0 Å². The Morgan fingerprint density at radius 3 is 1.92 bits per heavy atom. The average Bonchev–Trinajstić information content (AvgIpc) is 1.87. The monoisotopic (exact) mass is 301 g/mol. The summed E-state index contributed by atoms with van der Waals surface area (Å²) in [5.41, 5.74) is 10.8. The van der Waals surface area contributed by atoms with Crippen molar-refractivity contribution in [3.63, 3.8) is 0 Å². The smallest absolute Gasteiger partial charge is 0.0520 e. The molecular weight excluding hydrogens is 281 g/mol. The van der Waals surface area contributed by atoms with Crippen LogP contribution in [-0.2, 0) is 0 Å². The summed E-state index contributed by atoms with van der Waals surface area (Å²) < 4.78 is 0. The fraction of sp³-hybridized carbons (Fsp3) is 1.00. The normalized spacial score (nSPS) is 9.00. The maximum Gasteiger partial charge on any atom is 0.0520 e. The van der Waals surface area contributed by atoms with Gasteiger partial charge in [0.1, 0.15) is 0 Å². The first-order chi connectivity index (χ1) is 4.77. The Morgan fingerprint density at radius 1 is 1.00 bits per heavy atom. The van der Waals surface area contributed by atoms with Crippen LogP contribution in [0.2, 0.25) is 0 Å². The second-order valence-electron chi connectivity index (χ2n) is 2.87. The van der Waals surface area contributed by atoms with E-state index in [2.05, 4.69) is 6.92 Å². The largest absolute Gasteiger partial charge is 0.316 e. The van der Waals surface area contributed by atoms with Crippen LogP contribution in [0.5, 0.6) is 0 Å². The predicted octanol–water partition coefficient (Wildman–Crippen LogP) is 1.63. The average molecular weight is 302 g/mol. The summed E-state index contributed by atoms with van der Waals surface area (Å²) in [5.74, 6) is 0. The van der Waals surface area contributed by atoms with Crippen LogP contribution in [0.15, 0.2) is 0 Å². The van der Waals surface area contributed by atoms with Crippen molar-refractivity contribution in [1.82, 2.24) is 0 Å². The Labute approximate surface area is 99.7 Å². The molecule has 0 amide bonds. The van der Waals surface area contributed by atoms with Crippen LogP contribution in [0.4, 0.5) is 0 Å². The summed E-state index contributed by atoms with van der Waals surface area (Å²) in [7, 11) is 0. The molecule has 4 N–H and O–H groups in total. The van der Waals surface area contributed by atoms with Crippen molar-refractivity contribution in [2.24, 2.45) is 11.5 Å². The van der Waals surface area contributed by atoms with Gasteiger partial charge in [-0.25, -0.2) is 0 Å². The molecule has 0 saturated heterocycles. The van der Waals surface area contributed by atoms with Gasteiger partial charge >= 0.3 is 0 Å². The molecule has 0 aromatic heterocycles. The third-order valence-corrected chi connectivity index (χ3v) is 1.64. The van der Waals surface area contributed by atoms with E-state index in [1.165, 1.54) is 32.1 Å². The van der Waals surface area contributed by atoms with Crippen molar-refractivity contribution in [2.75, 3.05) is 0 Å². The standard InChI is InChI=1S/C8H20N2.ClH.Sb/c1-2-3-4-5-6-7-8(9)10;;/h8H,2-7,9-10H2,1H3;1H;. The molecule has 0 aromatic rings. The Balaban J connectivity index is -0.000000405. The van der Waals surface area contributed by atoms with E-state index in [1.807, 2.05) is 0 Å². The molecule has 0 rings (SSSR count). The number of nitrogens with two attached hydrogens (primary N) is 2. The van der Waals surface area contributed by atoms with Gasteiger partial charge in [-0.05, 0) is 6.42 Å². The molecule has 2 nitrogen and oxygen atoms in total. The minimum Gasteiger partial charge on any atom is -0.316 e. The SMILES string of the molecule is CCCCCCCC(N)N.Cl.[Sb]. The van der Waals surface area contributed by atoms with Crippen molar-refractivity contribution in [1.29, 1.82) is 0 Å². The first-order valence-electron chi connectivity index (χ1n) is 4.28. The van der Waals surface area contributed by atoms with Gasteiger partial charge < -0.3 is 11.5 Å². The third-order valence-electron chi connectivity index (χ3n) is 1.64. The van der Waals surface area contributed by atoms with Crippen LogP contribution in [0.3, 0.4) is 0 Å². The molecule has 0 spiro atoms. The van der Waals surface area contributed by atoms with Crippen molar-refractivity contribution in [3.8, 4) is 0 Å². The number of rotatable bonds is 6. The van der Waals surface area contributed by atoms with Gasteiger partial charge in [-0.15, -0.1) is 12.4 Å². The summed E-state index contributed by atoms with van der Waals surface area (Å²) in [5, 5.41) is 0. The van der Waals surface area contributed by atoms with Crippen molar-refractivity contribution < 1.29 is 0 Å². The Hall–Kier alpha value is 1.03. The van der Waals surface area contributed by atoms with E-state index in [1.54, 1.807) is 0 Å². The minimum atomic E-state index is -0.0957. The van der Waals surface area contributed by atoms with E-state index in [0.717, 1.165) is 6.42 Å². The zero-order chi connectivity index (χ0) is 7.82. The Kier molecular flexibility index (Phi) is 22.7. The molecule has 0 bridgehead atoms. The molecule has 0 aromatic carbocycles. The van der Waals surface area contributed by atoms with Gasteiger partial charge in [0.05, 0.1) is 6.17 Å². The molecule has 12 heavy (non-hydrogen) atoms. The molecule has 3 radical (unpaired) electrons. The van der Waals surface area contributed by atoms with Gasteiger partial charge in [-0.1, -0.05) is 39.0 Å².